The molecule has 0 saturated heterocycles. The van der Waals surface area contributed by atoms with Crippen molar-refractivity contribution in [3.63, 3.8) is 0 Å². The summed E-state index contributed by atoms with van der Waals surface area (Å²) in [6.07, 6.45) is 4.61. The number of hydrogen-bond donors (Lipinski definition) is 2. The lowest BCUT2D eigenvalue weighted by Crippen LogP contribution is -2.33. The van der Waals surface area contributed by atoms with Gasteiger partial charge in [0.05, 0.1) is 12.3 Å². The van der Waals surface area contributed by atoms with E-state index >= 15 is 0 Å². The van der Waals surface area contributed by atoms with E-state index in [0.717, 1.165) is 23.8 Å². The van der Waals surface area contributed by atoms with Gasteiger partial charge in [-0.2, -0.15) is 0 Å². The number of hydrogen-bond acceptors (Lipinski definition) is 5. The van der Waals surface area contributed by atoms with Crippen LogP contribution >= 0.6 is 11.8 Å². The molecule has 2 aliphatic carbocycles. The van der Waals surface area contributed by atoms with Crippen LogP contribution in [0.1, 0.15) is 43.5 Å². The van der Waals surface area contributed by atoms with Crippen LogP contribution in [0.3, 0.4) is 0 Å². The number of rotatable bonds is 8. The highest BCUT2D eigenvalue weighted by atomic mass is 32.2. The molecule has 2 saturated carbocycles. The van der Waals surface area contributed by atoms with E-state index in [-0.39, 0.29) is 29.9 Å². The number of benzene rings is 1. The SMILES string of the molecule is O=C(CSc1nnc(C2CC2)n1C1CC1)NCC(=O)Nc1ccc(F)cc1. The van der Waals surface area contributed by atoms with Crippen molar-refractivity contribution in [3.05, 3.63) is 35.9 Å². The van der Waals surface area contributed by atoms with Crippen LogP contribution in [0.4, 0.5) is 10.1 Å². The van der Waals surface area contributed by atoms with E-state index in [0.29, 0.717) is 17.6 Å². The first kappa shape index (κ1) is 18.0. The summed E-state index contributed by atoms with van der Waals surface area (Å²) in [4.78, 5) is 23.9. The Labute approximate surface area is 160 Å². The van der Waals surface area contributed by atoms with Crippen LogP contribution in [-0.2, 0) is 9.59 Å². The number of halogens is 1. The van der Waals surface area contributed by atoms with E-state index in [2.05, 4.69) is 25.4 Å². The van der Waals surface area contributed by atoms with Crippen molar-refractivity contribution in [2.24, 2.45) is 0 Å². The number of carbonyl (C=O) groups excluding carboxylic acids is 2. The number of amides is 2. The van der Waals surface area contributed by atoms with Crippen molar-refractivity contribution in [2.75, 3.05) is 17.6 Å². The second-order valence-corrected chi connectivity index (χ2v) is 7.78. The maximum absolute atomic E-state index is 12.9. The van der Waals surface area contributed by atoms with Crippen molar-refractivity contribution in [1.29, 1.82) is 0 Å². The van der Waals surface area contributed by atoms with Crippen molar-refractivity contribution in [3.8, 4) is 0 Å². The molecule has 4 rings (SSSR count). The first-order valence-corrected chi connectivity index (χ1v) is 9.98. The molecule has 1 aromatic heterocycles. The quantitative estimate of drug-likeness (QED) is 0.677. The fourth-order valence-corrected chi connectivity index (χ4v) is 3.62. The molecule has 2 fully saturated rings. The molecular formula is C18H20FN5O2S. The Morgan fingerprint density at radius 1 is 1.11 bits per heavy atom. The van der Waals surface area contributed by atoms with Crippen LogP contribution in [0.2, 0.25) is 0 Å². The number of nitrogens with zero attached hydrogens (tertiary/aromatic N) is 3. The lowest BCUT2D eigenvalue weighted by molar-refractivity contribution is -0.122. The highest BCUT2D eigenvalue weighted by Gasteiger charge is 2.36. The molecule has 0 radical (unpaired) electrons. The second kappa shape index (κ2) is 7.67. The molecule has 0 spiro atoms. The Bertz CT molecular complexity index is 846. The third-order valence-corrected chi connectivity index (χ3v) is 5.39. The van der Waals surface area contributed by atoms with Gasteiger partial charge in [0.2, 0.25) is 11.8 Å². The zero-order chi connectivity index (χ0) is 18.8. The third-order valence-electron chi connectivity index (χ3n) is 4.45. The van der Waals surface area contributed by atoms with Gasteiger partial charge in [-0.3, -0.25) is 9.59 Å². The third kappa shape index (κ3) is 4.65. The van der Waals surface area contributed by atoms with E-state index in [1.807, 2.05) is 0 Å². The molecule has 0 aliphatic heterocycles. The van der Waals surface area contributed by atoms with Gasteiger partial charge in [-0.05, 0) is 49.9 Å². The molecule has 2 aromatic rings. The van der Waals surface area contributed by atoms with Crippen molar-refractivity contribution < 1.29 is 14.0 Å². The summed E-state index contributed by atoms with van der Waals surface area (Å²) in [5.41, 5.74) is 0.482. The standard InChI is InChI=1S/C18H20FN5O2S/c19-12-3-5-13(6-4-12)21-15(25)9-20-16(26)10-27-18-23-22-17(11-1-2-11)24(18)14-7-8-14/h3-6,11,14H,1-2,7-10H2,(H,20,26)(H,21,25). The number of carbonyl (C=O) groups is 2. The zero-order valence-electron chi connectivity index (χ0n) is 14.7. The normalized spacial score (nSPS) is 16.2. The average molecular weight is 389 g/mol. The zero-order valence-corrected chi connectivity index (χ0v) is 15.5. The molecule has 1 heterocycles. The summed E-state index contributed by atoms with van der Waals surface area (Å²) in [5.74, 6) is 0.779. The highest BCUT2D eigenvalue weighted by Crippen LogP contribution is 2.45. The van der Waals surface area contributed by atoms with Gasteiger partial charge in [-0.15, -0.1) is 10.2 Å². The highest BCUT2D eigenvalue weighted by molar-refractivity contribution is 7.99. The van der Waals surface area contributed by atoms with Crippen LogP contribution in [0.25, 0.3) is 0 Å². The summed E-state index contributed by atoms with van der Waals surface area (Å²) < 4.78 is 15.0. The lowest BCUT2D eigenvalue weighted by Gasteiger charge is -2.09. The number of nitrogens with one attached hydrogen (secondary N) is 2. The minimum Gasteiger partial charge on any atom is -0.346 e. The van der Waals surface area contributed by atoms with Gasteiger partial charge < -0.3 is 15.2 Å². The summed E-state index contributed by atoms with van der Waals surface area (Å²) in [6, 6.07) is 5.93. The van der Waals surface area contributed by atoms with E-state index in [4.69, 9.17) is 0 Å². The number of aromatic nitrogens is 3. The Balaban J connectivity index is 1.24. The smallest absolute Gasteiger partial charge is 0.243 e. The van der Waals surface area contributed by atoms with Gasteiger partial charge in [0.15, 0.2) is 5.16 Å². The molecule has 2 amide bonds. The molecule has 27 heavy (non-hydrogen) atoms. The monoisotopic (exact) mass is 389 g/mol. The van der Waals surface area contributed by atoms with Crippen molar-refractivity contribution >= 4 is 29.3 Å². The maximum atomic E-state index is 12.9. The number of anilines is 1. The molecular weight excluding hydrogens is 369 g/mol. The predicted octanol–water partition coefficient (Wildman–Crippen LogP) is 2.48. The summed E-state index contributed by atoms with van der Waals surface area (Å²) in [7, 11) is 0. The second-order valence-electron chi connectivity index (χ2n) is 6.84. The lowest BCUT2D eigenvalue weighted by atomic mass is 10.3. The van der Waals surface area contributed by atoms with Crippen LogP contribution in [0.5, 0.6) is 0 Å². The first-order chi connectivity index (χ1) is 13.1. The fourth-order valence-electron chi connectivity index (χ4n) is 2.78. The molecule has 7 nitrogen and oxygen atoms in total. The van der Waals surface area contributed by atoms with Crippen LogP contribution in [0.15, 0.2) is 29.4 Å². The van der Waals surface area contributed by atoms with Crippen LogP contribution in [-0.4, -0.2) is 38.9 Å². The largest absolute Gasteiger partial charge is 0.346 e. The molecule has 142 valence electrons. The topological polar surface area (TPSA) is 88.9 Å². The molecule has 9 heteroatoms. The Morgan fingerprint density at radius 3 is 2.52 bits per heavy atom. The average Bonchev–Trinajstić information content (AvgIpc) is 3.59. The summed E-state index contributed by atoms with van der Waals surface area (Å²) in [5, 5.41) is 14.5. The minimum atomic E-state index is -0.373. The molecule has 0 unspecified atom stereocenters. The molecule has 1 aromatic carbocycles. The molecule has 2 aliphatic rings. The summed E-state index contributed by atoms with van der Waals surface area (Å²) >= 11 is 1.35. The minimum absolute atomic E-state index is 0.139. The van der Waals surface area contributed by atoms with Gasteiger partial charge in [0.25, 0.3) is 0 Å². The van der Waals surface area contributed by atoms with Gasteiger partial charge in [0.1, 0.15) is 11.6 Å². The Kier molecular flexibility index (Phi) is 5.11. The van der Waals surface area contributed by atoms with Crippen molar-refractivity contribution in [1.82, 2.24) is 20.1 Å². The molecule has 2 N–H and O–H groups in total. The maximum Gasteiger partial charge on any atom is 0.243 e. The van der Waals surface area contributed by atoms with E-state index in [9.17, 15) is 14.0 Å². The fraction of sp³-hybridized carbons (Fsp3) is 0.444. The van der Waals surface area contributed by atoms with Crippen molar-refractivity contribution in [2.45, 2.75) is 42.8 Å². The van der Waals surface area contributed by atoms with E-state index in [1.165, 1.54) is 48.9 Å². The van der Waals surface area contributed by atoms with E-state index in [1.54, 1.807) is 0 Å². The van der Waals surface area contributed by atoms with Gasteiger partial charge >= 0.3 is 0 Å². The Hall–Kier alpha value is -2.42. The number of thioether (sulfide) groups is 1. The van der Waals surface area contributed by atoms with Crippen LogP contribution in [0, 0.1) is 5.82 Å². The van der Waals surface area contributed by atoms with Gasteiger partial charge in [-0.1, -0.05) is 11.8 Å². The Morgan fingerprint density at radius 2 is 1.85 bits per heavy atom. The molecule has 0 bridgehead atoms. The van der Waals surface area contributed by atoms with Gasteiger partial charge in [-0.25, -0.2) is 4.39 Å². The summed E-state index contributed by atoms with van der Waals surface area (Å²) in [6.45, 7) is -0.139. The predicted molar refractivity (Wildman–Crippen MR) is 99.0 cm³/mol. The van der Waals surface area contributed by atoms with E-state index < -0.39 is 0 Å². The van der Waals surface area contributed by atoms with Crippen LogP contribution < -0.4 is 10.6 Å². The first-order valence-electron chi connectivity index (χ1n) is 9.00. The van der Waals surface area contributed by atoms with Gasteiger partial charge in [0, 0.05) is 17.6 Å². The molecule has 0 atom stereocenters.